The molecule has 0 N–H and O–H groups in total. The third-order valence-electron chi connectivity index (χ3n) is 6.70. The average Bonchev–Trinajstić information content (AvgIpc) is 3.46. The summed E-state index contributed by atoms with van der Waals surface area (Å²) >= 11 is 1.85. The van der Waals surface area contributed by atoms with E-state index in [-0.39, 0.29) is 0 Å². The number of benzene rings is 5. The summed E-state index contributed by atoms with van der Waals surface area (Å²) in [5.41, 5.74) is 6.42. The van der Waals surface area contributed by atoms with E-state index < -0.39 is 0 Å². The average molecular weight is 456 g/mol. The Balaban J connectivity index is 1.45. The number of nitrogens with zero attached hydrogens (tertiary/aromatic N) is 1. The molecule has 0 saturated carbocycles. The Bertz CT molecular complexity index is 1830. The van der Waals surface area contributed by atoms with Gasteiger partial charge in [-0.3, -0.25) is 0 Å². The SMILES string of the molecule is CN(c1ccc2c(c1)sc1ccccc12)c1ccc(-c2ccccc2)c2oc3ccccc3c12. The minimum Gasteiger partial charge on any atom is -0.455 e. The summed E-state index contributed by atoms with van der Waals surface area (Å²) in [6.07, 6.45) is 0. The zero-order chi connectivity index (χ0) is 22.6. The van der Waals surface area contributed by atoms with Crippen LogP contribution in [0.25, 0.3) is 53.2 Å². The fourth-order valence-electron chi connectivity index (χ4n) is 5.00. The van der Waals surface area contributed by atoms with Crippen LogP contribution in [0.5, 0.6) is 0 Å². The van der Waals surface area contributed by atoms with E-state index in [0.29, 0.717) is 0 Å². The molecule has 0 unspecified atom stereocenters. The topological polar surface area (TPSA) is 16.4 Å². The Morgan fingerprint density at radius 1 is 0.647 bits per heavy atom. The molecule has 162 valence electrons. The first-order valence-electron chi connectivity index (χ1n) is 11.4. The fraction of sp³-hybridized carbons (Fsp3) is 0.0323. The van der Waals surface area contributed by atoms with Crippen molar-refractivity contribution in [2.45, 2.75) is 0 Å². The highest BCUT2D eigenvalue weighted by atomic mass is 32.1. The monoisotopic (exact) mass is 455 g/mol. The number of anilines is 2. The first-order chi connectivity index (χ1) is 16.8. The minimum absolute atomic E-state index is 0.912. The van der Waals surface area contributed by atoms with Crippen molar-refractivity contribution in [3.05, 3.63) is 109 Å². The minimum atomic E-state index is 0.912. The number of para-hydroxylation sites is 1. The molecule has 34 heavy (non-hydrogen) atoms. The highest BCUT2D eigenvalue weighted by Crippen LogP contribution is 2.43. The standard InChI is InChI=1S/C31H21NOS/c1-32(21-15-16-24-23-11-6-8-14-28(23)34-29(24)19-21)26-18-17-22(20-9-3-2-4-10-20)31-30(26)25-12-5-7-13-27(25)33-31/h2-19H,1H3. The number of rotatable bonds is 3. The van der Waals surface area contributed by atoms with E-state index in [1.165, 1.54) is 20.2 Å². The Hall–Kier alpha value is -4.08. The zero-order valence-electron chi connectivity index (χ0n) is 18.7. The predicted molar refractivity (Wildman–Crippen MR) is 147 cm³/mol. The molecule has 7 aromatic rings. The summed E-state index contributed by atoms with van der Waals surface area (Å²) < 4.78 is 9.08. The summed E-state index contributed by atoms with van der Waals surface area (Å²) in [4.78, 5) is 2.28. The van der Waals surface area contributed by atoms with Crippen molar-refractivity contribution >= 4 is 64.8 Å². The van der Waals surface area contributed by atoms with E-state index in [1.54, 1.807) is 0 Å². The van der Waals surface area contributed by atoms with E-state index in [0.717, 1.165) is 44.4 Å². The molecule has 0 radical (unpaired) electrons. The van der Waals surface area contributed by atoms with Crippen molar-refractivity contribution in [2.75, 3.05) is 11.9 Å². The number of fused-ring (bicyclic) bond motifs is 6. The number of hydrogen-bond donors (Lipinski definition) is 0. The van der Waals surface area contributed by atoms with Crippen molar-refractivity contribution in [3.8, 4) is 11.1 Å². The van der Waals surface area contributed by atoms with Crippen LogP contribution in [0.3, 0.4) is 0 Å². The van der Waals surface area contributed by atoms with Crippen LogP contribution < -0.4 is 4.90 Å². The van der Waals surface area contributed by atoms with Gasteiger partial charge >= 0.3 is 0 Å². The van der Waals surface area contributed by atoms with Crippen molar-refractivity contribution in [1.29, 1.82) is 0 Å². The largest absolute Gasteiger partial charge is 0.455 e. The van der Waals surface area contributed by atoms with Crippen molar-refractivity contribution in [3.63, 3.8) is 0 Å². The first-order valence-corrected chi connectivity index (χ1v) is 12.2. The predicted octanol–water partition coefficient (Wildman–Crippen LogP) is 9.39. The van der Waals surface area contributed by atoms with Gasteiger partial charge in [-0.05, 0) is 42.0 Å². The van der Waals surface area contributed by atoms with E-state index in [1.807, 2.05) is 23.5 Å². The molecular weight excluding hydrogens is 434 g/mol. The second-order valence-electron chi connectivity index (χ2n) is 8.64. The maximum absolute atomic E-state index is 6.45. The Labute approximate surface area is 201 Å². The van der Waals surface area contributed by atoms with E-state index >= 15 is 0 Å². The molecule has 0 fully saturated rings. The van der Waals surface area contributed by atoms with E-state index in [4.69, 9.17) is 4.42 Å². The molecule has 2 aromatic heterocycles. The lowest BCUT2D eigenvalue weighted by Gasteiger charge is -2.21. The van der Waals surface area contributed by atoms with Gasteiger partial charge in [0.15, 0.2) is 0 Å². The molecule has 5 aromatic carbocycles. The lowest BCUT2D eigenvalue weighted by atomic mass is 10.0. The smallest absolute Gasteiger partial charge is 0.145 e. The van der Waals surface area contributed by atoms with Gasteiger partial charge in [0.05, 0.1) is 11.1 Å². The Morgan fingerprint density at radius 3 is 2.26 bits per heavy atom. The molecule has 2 nitrogen and oxygen atoms in total. The zero-order valence-corrected chi connectivity index (χ0v) is 19.5. The third kappa shape index (κ3) is 2.87. The lowest BCUT2D eigenvalue weighted by Crippen LogP contribution is -2.09. The molecule has 7 rings (SSSR count). The second kappa shape index (κ2) is 7.47. The summed E-state index contributed by atoms with van der Waals surface area (Å²) in [5, 5.41) is 4.93. The van der Waals surface area contributed by atoms with Crippen molar-refractivity contribution in [2.24, 2.45) is 0 Å². The molecule has 0 amide bonds. The van der Waals surface area contributed by atoms with E-state index in [2.05, 4.69) is 109 Å². The molecule has 0 spiro atoms. The highest BCUT2D eigenvalue weighted by Gasteiger charge is 2.19. The normalized spacial score (nSPS) is 11.7. The molecule has 0 saturated heterocycles. The maximum atomic E-state index is 6.45. The van der Waals surface area contributed by atoms with Crippen molar-refractivity contribution < 1.29 is 4.42 Å². The molecule has 0 atom stereocenters. The van der Waals surface area contributed by atoms with E-state index in [9.17, 15) is 0 Å². The summed E-state index contributed by atoms with van der Waals surface area (Å²) in [7, 11) is 2.15. The summed E-state index contributed by atoms with van der Waals surface area (Å²) in [6.45, 7) is 0. The first kappa shape index (κ1) is 19.4. The van der Waals surface area contributed by atoms with Crippen LogP contribution in [0.1, 0.15) is 0 Å². The van der Waals surface area contributed by atoms with Crippen LogP contribution in [0.15, 0.2) is 114 Å². The van der Waals surface area contributed by atoms with Crippen LogP contribution in [-0.2, 0) is 0 Å². The highest BCUT2D eigenvalue weighted by molar-refractivity contribution is 7.25. The van der Waals surface area contributed by atoms with Gasteiger partial charge in [-0.2, -0.15) is 0 Å². The van der Waals surface area contributed by atoms with Gasteiger partial charge in [-0.25, -0.2) is 0 Å². The van der Waals surface area contributed by atoms with Crippen LogP contribution in [0, 0.1) is 0 Å². The summed E-state index contributed by atoms with van der Waals surface area (Å²) in [5.74, 6) is 0. The molecule has 2 heterocycles. The van der Waals surface area contributed by atoms with Gasteiger partial charge in [0, 0.05) is 43.9 Å². The number of furan rings is 1. The molecule has 0 aliphatic carbocycles. The van der Waals surface area contributed by atoms with Gasteiger partial charge < -0.3 is 9.32 Å². The fourth-order valence-corrected chi connectivity index (χ4v) is 6.14. The van der Waals surface area contributed by atoms with Gasteiger partial charge in [-0.15, -0.1) is 11.3 Å². The number of thiophene rings is 1. The molecule has 0 aliphatic rings. The lowest BCUT2D eigenvalue weighted by molar-refractivity contribution is 0.670. The van der Waals surface area contributed by atoms with Gasteiger partial charge in [0.2, 0.25) is 0 Å². The molecule has 0 aliphatic heterocycles. The number of hydrogen-bond acceptors (Lipinski definition) is 3. The Morgan fingerprint density at radius 2 is 1.38 bits per heavy atom. The van der Waals surface area contributed by atoms with Gasteiger partial charge in [-0.1, -0.05) is 72.8 Å². The van der Waals surface area contributed by atoms with Crippen LogP contribution in [0.2, 0.25) is 0 Å². The van der Waals surface area contributed by atoms with Gasteiger partial charge in [0.1, 0.15) is 11.2 Å². The quantitative estimate of drug-likeness (QED) is 0.264. The van der Waals surface area contributed by atoms with Crippen molar-refractivity contribution in [1.82, 2.24) is 0 Å². The van der Waals surface area contributed by atoms with Gasteiger partial charge in [0.25, 0.3) is 0 Å². The molecule has 3 heteroatoms. The maximum Gasteiger partial charge on any atom is 0.145 e. The van der Waals surface area contributed by atoms with Crippen LogP contribution in [0.4, 0.5) is 11.4 Å². The van der Waals surface area contributed by atoms with Crippen LogP contribution in [-0.4, -0.2) is 7.05 Å². The second-order valence-corrected chi connectivity index (χ2v) is 9.72. The summed E-state index contributed by atoms with van der Waals surface area (Å²) in [6, 6.07) is 38.6. The Kier molecular flexibility index (Phi) is 4.26. The third-order valence-corrected chi connectivity index (χ3v) is 7.83. The molecule has 0 bridgehead atoms. The molecular formula is C31H21NOS. The van der Waals surface area contributed by atoms with Crippen LogP contribution >= 0.6 is 11.3 Å².